The summed E-state index contributed by atoms with van der Waals surface area (Å²) in [6.07, 6.45) is 7.53. The van der Waals surface area contributed by atoms with Gasteiger partial charge in [-0.05, 0) is 48.9 Å². The van der Waals surface area contributed by atoms with E-state index in [1.54, 1.807) is 12.1 Å². The Labute approximate surface area is 178 Å². The second kappa shape index (κ2) is 9.76. The molecule has 0 saturated heterocycles. The zero-order chi connectivity index (χ0) is 20.7. The molecule has 1 saturated carbocycles. The average Bonchev–Trinajstić information content (AvgIpc) is 3.26. The minimum Gasteiger partial charge on any atom is -0.357 e. The van der Waals surface area contributed by atoms with Crippen LogP contribution in [0.25, 0.3) is 0 Å². The van der Waals surface area contributed by atoms with E-state index in [1.807, 2.05) is 23.5 Å². The predicted molar refractivity (Wildman–Crippen MR) is 121 cm³/mol. The van der Waals surface area contributed by atoms with Crippen LogP contribution in [0.2, 0.25) is 0 Å². The van der Waals surface area contributed by atoms with Crippen LogP contribution in [-0.2, 0) is 21.8 Å². The van der Waals surface area contributed by atoms with Crippen LogP contribution in [0.15, 0.2) is 51.7 Å². The van der Waals surface area contributed by atoms with Crippen molar-refractivity contribution < 1.29 is 8.42 Å². The molecule has 1 aromatic heterocycles. The number of hydrogen-bond acceptors (Lipinski definition) is 4. The van der Waals surface area contributed by atoms with E-state index in [0.29, 0.717) is 11.4 Å². The van der Waals surface area contributed by atoms with Crippen molar-refractivity contribution in [3.63, 3.8) is 0 Å². The second-order valence-electron chi connectivity index (χ2n) is 7.78. The number of sulfone groups is 1. The Morgan fingerprint density at radius 2 is 1.83 bits per heavy atom. The Morgan fingerprint density at radius 1 is 1.10 bits per heavy atom. The summed E-state index contributed by atoms with van der Waals surface area (Å²) >= 11 is 1.86. The van der Waals surface area contributed by atoms with E-state index in [2.05, 4.69) is 35.1 Å². The van der Waals surface area contributed by atoms with Crippen molar-refractivity contribution in [1.82, 2.24) is 10.6 Å². The molecule has 2 aromatic rings. The molecule has 29 heavy (non-hydrogen) atoms. The molecule has 2 N–H and O–H groups in total. The third-order valence-corrected chi connectivity index (χ3v) is 7.81. The molecule has 0 atom stereocenters. The van der Waals surface area contributed by atoms with Gasteiger partial charge in [-0.3, -0.25) is 0 Å². The highest BCUT2D eigenvalue weighted by molar-refractivity contribution is 7.90. The summed E-state index contributed by atoms with van der Waals surface area (Å²) in [4.78, 5) is 6.53. The van der Waals surface area contributed by atoms with Crippen molar-refractivity contribution in [2.45, 2.75) is 55.9 Å². The smallest absolute Gasteiger partial charge is 0.191 e. The number of aliphatic imine (C=N–C) groups is 1. The number of guanidine groups is 1. The van der Waals surface area contributed by atoms with E-state index in [0.717, 1.165) is 24.6 Å². The first-order valence-corrected chi connectivity index (χ1v) is 13.1. The largest absolute Gasteiger partial charge is 0.357 e. The van der Waals surface area contributed by atoms with Crippen molar-refractivity contribution in [2.75, 3.05) is 19.3 Å². The van der Waals surface area contributed by atoms with Gasteiger partial charge in [0.25, 0.3) is 0 Å². The van der Waals surface area contributed by atoms with Crippen molar-refractivity contribution in [1.29, 1.82) is 0 Å². The maximum absolute atomic E-state index is 11.6. The van der Waals surface area contributed by atoms with Crippen LogP contribution in [-0.4, -0.2) is 33.7 Å². The fourth-order valence-corrected chi connectivity index (χ4v) is 5.54. The second-order valence-corrected chi connectivity index (χ2v) is 10.7. The normalized spacial score (nSPS) is 17.1. The van der Waals surface area contributed by atoms with Gasteiger partial charge in [0, 0.05) is 29.6 Å². The maximum Gasteiger partial charge on any atom is 0.191 e. The van der Waals surface area contributed by atoms with Gasteiger partial charge in [-0.25, -0.2) is 13.4 Å². The fourth-order valence-electron chi connectivity index (χ4n) is 3.93. The lowest BCUT2D eigenvalue weighted by Crippen LogP contribution is -2.46. The SMILES string of the molecule is CCNC(=NCc1ccc(S(C)(=O)=O)cc1)NCC1(c2cccs2)CCCCC1. The van der Waals surface area contributed by atoms with Gasteiger partial charge < -0.3 is 10.6 Å². The molecule has 0 radical (unpaired) electrons. The molecular formula is C22H31N3O2S2. The van der Waals surface area contributed by atoms with Crippen LogP contribution >= 0.6 is 11.3 Å². The van der Waals surface area contributed by atoms with Gasteiger partial charge in [-0.2, -0.15) is 0 Å². The molecule has 0 spiro atoms. The molecule has 0 amide bonds. The molecule has 0 bridgehead atoms. The molecule has 1 fully saturated rings. The third-order valence-electron chi connectivity index (χ3n) is 5.56. The van der Waals surface area contributed by atoms with E-state index in [1.165, 1.54) is 43.2 Å². The molecule has 1 aliphatic rings. The third kappa shape index (κ3) is 5.82. The average molecular weight is 434 g/mol. The maximum atomic E-state index is 11.6. The summed E-state index contributed by atoms with van der Waals surface area (Å²) in [5.74, 6) is 0.807. The van der Waals surface area contributed by atoms with Crippen molar-refractivity contribution >= 4 is 27.1 Å². The fraction of sp³-hybridized carbons (Fsp3) is 0.500. The van der Waals surface area contributed by atoms with Gasteiger partial charge in [-0.15, -0.1) is 11.3 Å². The molecule has 158 valence electrons. The molecule has 1 aliphatic carbocycles. The first-order chi connectivity index (χ1) is 13.9. The number of nitrogens with zero attached hydrogens (tertiary/aromatic N) is 1. The Kier molecular flexibility index (Phi) is 7.35. The number of thiophene rings is 1. The Hall–Kier alpha value is -1.86. The van der Waals surface area contributed by atoms with E-state index < -0.39 is 9.84 Å². The summed E-state index contributed by atoms with van der Waals surface area (Å²) in [5.41, 5.74) is 1.18. The Morgan fingerprint density at radius 3 is 2.41 bits per heavy atom. The van der Waals surface area contributed by atoms with Crippen LogP contribution in [0.4, 0.5) is 0 Å². The van der Waals surface area contributed by atoms with Crippen LogP contribution in [0.5, 0.6) is 0 Å². The highest BCUT2D eigenvalue weighted by Crippen LogP contribution is 2.41. The van der Waals surface area contributed by atoms with Crippen molar-refractivity contribution in [2.24, 2.45) is 4.99 Å². The van der Waals surface area contributed by atoms with Gasteiger partial charge in [-0.1, -0.05) is 37.5 Å². The van der Waals surface area contributed by atoms with Gasteiger partial charge >= 0.3 is 0 Å². The van der Waals surface area contributed by atoms with Crippen LogP contribution in [0.1, 0.15) is 49.5 Å². The van der Waals surface area contributed by atoms with Crippen LogP contribution < -0.4 is 10.6 Å². The van der Waals surface area contributed by atoms with Crippen molar-refractivity contribution in [3.8, 4) is 0 Å². The minimum absolute atomic E-state index is 0.194. The molecule has 1 aromatic carbocycles. The quantitative estimate of drug-likeness (QED) is 0.509. The topological polar surface area (TPSA) is 70.6 Å². The summed E-state index contributed by atoms with van der Waals surface area (Å²) in [7, 11) is -3.17. The molecule has 5 nitrogen and oxygen atoms in total. The first-order valence-electron chi connectivity index (χ1n) is 10.3. The molecule has 0 aliphatic heterocycles. The molecule has 7 heteroatoms. The lowest BCUT2D eigenvalue weighted by atomic mass is 9.73. The van der Waals surface area contributed by atoms with Gasteiger partial charge in [0.05, 0.1) is 11.4 Å². The lowest BCUT2D eigenvalue weighted by Gasteiger charge is -2.37. The van der Waals surface area contributed by atoms with Gasteiger partial charge in [0.1, 0.15) is 0 Å². The minimum atomic E-state index is -3.17. The summed E-state index contributed by atoms with van der Waals surface area (Å²) < 4.78 is 23.2. The molecule has 1 heterocycles. The number of nitrogens with one attached hydrogen (secondary N) is 2. The van der Waals surface area contributed by atoms with Gasteiger partial charge in [0.15, 0.2) is 15.8 Å². The van der Waals surface area contributed by atoms with E-state index in [4.69, 9.17) is 4.99 Å². The Balaban J connectivity index is 1.69. The first kappa shape index (κ1) is 21.8. The Bertz CT molecular complexity index is 898. The molecular weight excluding hydrogens is 402 g/mol. The van der Waals surface area contributed by atoms with E-state index >= 15 is 0 Å². The number of benzene rings is 1. The summed E-state index contributed by atoms with van der Waals surface area (Å²) in [6.45, 7) is 4.25. The van der Waals surface area contributed by atoms with Crippen LogP contribution in [0, 0.1) is 0 Å². The zero-order valence-electron chi connectivity index (χ0n) is 17.3. The van der Waals surface area contributed by atoms with Crippen LogP contribution in [0.3, 0.4) is 0 Å². The van der Waals surface area contributed by atoms with Crippen molar-refractivity contribution in [3.05, 3.63) is 52.2 Å². The predicted octanol–water partition coefficient (Wildman–Crippen LogP) is 4.11. The molecule has 3 rings (SSSR count). The lowest BCUT2D eigenvalue weighted by molar-refractivity contribution is 0.296. The number of rotatable bonds is 7. The number of hydrogen-bond donors (Lipinski definition) is 2. The molecule has 0 unspecified atom stereocenters. The van der Waals surface area contributed by atoms with E-state index in [9.17, 15) is 8.42 Å². The summed E-state index contributed by atoms with van der Waals surface area (Å²) in [5, 5.41) is 9.08. The highest BCUT2D eigenvalue weighted by atomic mass is 32.2. The van der Waals surface area contributed by atoms with E-state index in [-0.39, 0.29) is 5.41 Å². The zero-order valence-corrected chi connectivity index (χ0v) is 18.9. The van der Waals surface area contributed by atoms with Gasteiger partial charge in [0.2, 0.25) is 0 Å². The monoisotopic (exact) mass is 433 g/mol. The highest BCUT2D eigenvalue weighted by Gasteiger charge is 2.34. The standard InChI is InChI=1S/C22H31N3O2S2/c1-3-23-21(24-16-18-9-11-19(12-10-18)29(2,26)27)25-17-22(13-5-4-6-14-22)20-8-7-15-28-20/h7-12,15H,3-6,13-14,16-17H2,1-2H3,(H2,23,24,25). The summed E-state index contributed by atoms with van der Waals surface area (Å²) in [6, 6.07) is 11.4.